The molecule has 0 fully saturated rings. The van der Waals surface area contributed by atoms with E-state index in [4.69, 9.17) is 23.2 Å². The van der Waals surface area contributed by atoms with Gasteiger partial charge in [-0.25, -0.2) is 14.0 Å². The van der Waals surface area contributed by atoms with E-state index in [0.717, 1.165) is 0 Å². The summed E-state index contributed by atoms with van der Waals surface area (Å²) >= 11 is 11.9. The lowest BCUT2D eigenvalue weighted by atomic mass is 10.2. The lowest BCUT2D eigenvalue weighted by Crippen LogP contribution is -2.03. The highest BCUT2D eigenvalue weighted by atomic mass is 35.5. The molecule has 0 atom stereocenters. The molecule has 0 saturated heterocycles. The lowest BCUT2D eigenvalue weighted by molar-refractivity contribution is -0.384. The normalized spacial score (nSPS) is 11.2. The van der Waals surface area contributed by atoms with Gasteiger partial charge in [0.2, 0.25) is 11.3 Å². The molecular formula is C17H9Cl2FN8O3. The smallest absolute Gasteiger partial charge is 0.288 e. The Balaban J connectivity index is 1.64. The van der Waals surface area contributed by atoms with Crippen LogP contribution in [0.15, 0.2) is 46.1 Å². The van der Waals surface area contributed by atoms with E-state index < -0.39 is 10.7 Å². The molecule has 31 heavy (non-hydrogen) atoms. The van der Waals surface area contributed by atoms with Crippen molar-refractivity contribution in [3.63, 3.8) is 0 Å². The number of nitro groups is 1. The van der Waals surface area contributed by atoms with Crippen molar-refractivity contribution in [2.24, 2.45) is 5.10 Å². The minimum atomic E-state index is -0.634. The van der Waals surface area contributed by atoms with Crippen LogP contribution in [0.3, 0.4) is 0 Å². The molecule has 0 radical (unpaired) electrons. The van der Waals surface area contributed by atoms with Crippen LogP contribution in [-0.2, 0) is 0 Å². The molecule has 0 bridgehead atoms. The highest BCUT2D eigenvalue weighted by Crippen LogP contribution is 2.30. The van der Waals surface area contributed by atoms with E-state index in [1.54, 1.807) is 0 Å². The molecule has 2 heterocycles. The van der Waals surface area contributed by atoms with Gasteiger partial charge in [0.15, 0.2) is 11.6 Å². The standard InChI is InChI=1S/C17H9Cl2FN8O3/c18-11-6-12(19)13(28(29)30)5-8(11)7-21-25-15-14(22-10-3-1-9(20)2-4-10)23-16-17(24-15)27-31-26-16/h1-7H,(H,22,23,26)(H,24,25,27)/b21-7+. The number of fused-ring (bicyclic) bond motifs is 1. The largest absolute Gasteiger partial charge is 0.337 e. The van der Waals surface area contributed by atoms with Crippen LogP contribution in [0.5, 0.6) is 0 Å². The maximum absolute atomic E-state index is 13.2. The Kier molecular flexibility index (Phi) is 5.56. The lowest BCUT2D eigenvalue weighted by Gasteiger charge is -2.09. The van der Waals surface area contributed by atoms with Gasteiger partial charge in [-0.15, -0.1) is 0 Å². The first-order chi connectivity index (χ1) is 14.9. The van der Waals surface area contributed by atoms with E-state index in [1.807, 2.05) is 0 Å². The van der Waals surface area contributed by atoms with Gasteiger partial charge in [0.25, 0.3) is 5.69 Å². The second-order valence-electron chi connectivity index (χ2n) is 5.92. The van der Waals surface area contributed by atoms with Gasteiger partial charge in [-0.2, -0.15) is 10.1 Å². The maximum Gasteiger partial charge on any atom is 0.288 e. The second-order valence-corrected chi connectivity index (χ2v) is 6.73. The van der Waals surface area contributed by atoms with E-state index in [2.05, 4.69) is 40.8 Å². The molecule has 4 rings (SSSR count). The quantitative estimate of drug-likeness (QED) is 0.239. The van der Waals surface area contributed by atoms with Crippen molar-refractivity contribution in [1.82, 2.24) is 20.3 Å². The van der Waals surface area contributed by atoms with Crippen LogP contribution in [0.4, 0.5) is 27.4 Å². The summed E-state index contributed by atoms with van der Waals surface area (Å²) < 4.78 is 17.8. The molecule has 4 aromatic rings. The van der Waals surface area contributed by atoms with Gasteiger partial charge in [0, 0.05) is 17.3 Å². The van der Waals surface area contributed by atoms with Crippen molar-refractivity contribution < 1.29 is 13.9 Å². The van der Waals surface area contributed by atoms with Crippen molar-refractivity contribution in [3.8, 4) is 0 Å². The molecule has 2 aromatic heterocycles. The maximum atomic E-state index is 13.2. The summed E-state index contributed by atoms with van der Waals surface area (Å²) in [7, 11) is 0. The summed E-state index contributed by atoms with van der Waals surface area (Å²) in [6.07, 6.45) is 1.25. The Morgan fingerprint density at radius 2 is 1.74 bits per heavy atom. The van der Waals surface area contributed by atoms with Crippen LogP contribution in [0.1, 0.15) is 5.56 Å². The topological polar surface area (TPSA) is 144 Å². The Bertz CT molecular complexity index is 1310. The molecule has 0 unspecified atom stereocenters. The summed E-state index contributed by atoms with van der Waals surface area (Å²) in [6, 6.07) is 7.98. The molecular weight excluding hydrogens is 454 g/mol. The van der Waals surface area contributed by atoms with Gasteiger partial charge in [-0.3, -0.25) is 15.5 Å². The highest BCUT2D eigenvalue weighted by Gasteiger charge is 2.16. The SMILES string of the molecule is O=[N+]([O-])c1cc(/C=N/Nc2nc3nonc3nc2Nc2ccc(F)cc2)c(Cl)cc1Cl. The average molecular weight is 463 g/mol. The fourth-order valence-corrected chi connectivity index (χ4v) is 2.93. The average Bonchev–Trinajstić information content (AvgIpc) is 3.18. The highest BCUT2D eigenvalue weighted by molar-refractivity contribution is 6.37. The van der Waals surface area contributed by atoms with Gasteiger partial charge in [0.1, 0.15) is 10.8 Å². The molecule has 2 aromatic carbocycles. The van der Waals surface area contributed by atoms with Crippen LogP contribution in [-0.4, -0.2) is 31.4 Å². The van der Waals surface area contributed by atoms with Gasteiger partial charge < -0.3 is 5.32 Å². The first kappa shape index (κ1) is 20.4. The van der Waals surface area contributed by atoms with E-state index >= 15 is 0 Å². The summed E-state index contributed by atoms with van der Waals surface area (Å²) in [5.41, 5.74) is 3.35. The molecule has 0 spiro atoms. The molecule has 0 amide bonds. The minimum Gasteiger partial charge on any atom is -0.337 e. The third kappa shape index (κ3) is 4.49. The number of halogens is 3. The molecule has 14 heteroatoms. The molecule has 0 saturated carbocycles. The zero-order valence-electron chi connectivity index (χ0n) is 15.1. The number of hydrogen-bond donors (Lipinski definition) is 2. The van der Waals surface area contributed by atoms with Crippen LogP contribution in [0, 0.1) is 15.9 Å². The zero-order chi connectivity index (χ0) is 22.0. The molecule has 2 N–H and O–H groups in total. The minimum absolute atomic E-state index is 0.0965. The number of anilines is 3. The van der Waals surface area contributed by atoms with Gasteiger partial charge in [0.05, 0.1) is 16.2 Å². The Labute approximate surface area is 182 Å². The summed E-state index contributed by atoms with van der Waals surface area (Å²) in [5, 5.41) is 25.3. The third-order valence-corrected chi connectivity index (χ3v) is 4.49. The summed E-state index contributed by atoms with van der Waals surface area (Å²) in [5.74, 6) is -0.0758. The number of hydrazone groups is 1. The Morgan fingerprint density at radius 3 is 2.42 bits per heavy atom. The van der Waals surface area contributed by atoms with E-state index in [-0.39, 0.29) is 44.2 Å². The van der Waals surface area contributed by atoms with Crippen molar-refractivity contribution in [2.75, 3.05) is 10.7 Å². The van der Waals surface area contributed by atoms with E-state index in [9.17, 15) is 14.5 Å². The third-order valence-electron chi connectivity index (χ3n) is 3.86. The second kappa shape index (κ2) is 8.45. The van der Waals surface area contributed by atoms with Crippen LogP contribution in [0.2, 0.25) is 10.0 Å². The number of benzene rings is 2. The number of nitro benzene ring substituents is 1. The van der Waals surface area contributed by atoms with E-state index in [0.29, 0.717) is 5.69 Å². The number of rotatable bonds is 6. The van der Waals surface area contributed by atoms with Crippen LogP contribution >= 0.6 is 23.2 Å². The van der Waals surface area contributed by atoms with Crippen molar-refractivity contribution in [2.45, 2.75) is 0 Å². The Hall–Kier alpha value is -3.90. The number of hydrogen-bond acceptors (Lipinski definition) is 10. The van der Waals surface area contributed by atoms with Crippen molar-refractivity contribution in [1.29, 1.82) is 0 Å². The van der Waals surface area contributed by atoms with Gasteiger partial charge in [-0.05, 0) is 40.6 Å². The fraction of sp³-hybridized carbons (Fsp3) is 0. The molecule has 0 aliphatic carbocycles. The number of aromatic nitrogens is 4. The zero-order valence-corrected chi connectivity index (χ0v) is 16.6. The number of nitrogens with zero attached hydrogens (tertiary/aromatic N) is 6. The summed E-state index contributed by atoms with van der Waals surface area (Å²) in [4.78, 5) is 18.9. The molecule has 0 aliphatic heterocycles. The van der Waals surface area contributed by atoms with Crippen molar-refractivity contribution in [3.05, 3.63) is 67.9 Å². The molecule has 0 aliphatic rings. The van der Waals surface area contributed by atoms with E-state index in [1.165, 1.54) is 42.6 Å². The molecule has 11 nitrogen and oxygen atoms in total. The molecule has 156 valence electrons. The van der Waals surface area contributed by atoms with Crippen LogP contribution < -0.4 is 10.7 Å². The number of nitrogens with one attached hydrogen (secondary N) is 2. The van der Waals surface area contributed by atoms with Gasteiger partial charge >= 0.3 is 0 Å². The predicted molar refractivity (Wildman–Crippen MR) is 111 cm³/mol. The predicted octanol–water partition coefficient (Wildman–Crippen LogP) is 4.56. The monoisotopic (exact) mass is 462 g/mol. The fourth-order valence-electron chi connectivity index (χ4n) is 2.43. The van der Waals surface area contributed by atoms with Crippen LogP contribution in [0.25, 0.3) is 11.3 Å². The Morgan fingerprint density at radius 1 is 1.06 bits per heavy atom. The first-order valence-electron chi connectivity index (χ1n) is 8.36. The first-order valence-corrected chi connectivity index (χ1v) is 9.11. The van der Waals surface area contributed by atoms with Crippen molar-refractivity contribution >= 4 is 63.7 Å². The summed E-state index contributed by atoms with van der Waals surface area (Å²) in [6.45, 7) is 0. The van der Waals surface area contributed by atoms with Gasteiger partial charge in [-0.1, -0.05) is 23.2 Å².